The van der Waals surface area contributed by atoms with Crippen molar-refractivity contribution in [2.75, 3.05) is 13.1 Å². The van der Waals surface area contributed by atoms with Crippen LogP contribution < -0.4 is 5.32 Å². The Morgan fingerprint density at radius 2 is 2.33 bits per heavy atom. The molecule has 1 aromatic heterocycles. The molecule has 1 heterocycles. The molecule has 0 aliphatic carbocycles. The van der Waals surface area contributed by atoms with Crippen molar-refractivity contribution in [2.45, 2.75) is 19.3 Å². The zero-order valence-electron chi connectivity index (χ0n) is 10.4. The highest BCUT2D eigenvalue weighted by Crippen LogP contribution is 2.22. The van der Waals surface area contributed by atoms with E-state index in [0.29, 0.717) is 0 Å². The zero-order valence-corrected chi connectivity index (χ0v) is 11.2. The molecule has 2 nitrogen and oxygen atoms in total. The van der Waals surface area contributed by atoms with Crippen LogP contribution in [-0.4, -0.2) is 18.1 Å². The van der Waals surface area contributed by atoms with Crippen molar-refractivity contribution in [3.05, 3.63) is 52.2 Å². The second-order valence-corrected chi connectivity index (χ2v) is 5.17. The van der Waals surface area contributed by atoms with Gasteiger partial charge in [0.1, 0.15) is 5.82 Å². The monoisotopic (exact) mass is 264 g/mol. The van der Waals surface area contributed by atoms with Gasteiger partial charge >= 0.3 is 0 Å². The van der Waals surface area contributed by atoms with Gasteiger partial charge in [0.05, 0.1) is 5.01 Å². The predicted molar refractivity (Wildman–Crippen MR) is 73.5 cm³/mol. The van der Waals surface area contributed by atoms with Crippen LogP contribution in [0.25, 0.3) is 0 Å². The molecule has 0 spiro atoms. The quantitative estimate of drug-likeness (QED) is 0.866. The number of nitrogens with one attached hydrogen (secondary N) is 1. The van der Waals surface area contributed by atoms with Gasteiger partial charge < -0.3 is 5.32 Å². The van der Waals surface area contributed by atoms with Gasteiger partial charge in [0.2, 0.25) is 0 Å². The summed E-state index contributed by atoms with van der Waals surface area (Å²) >= 11 is 1.65. The number of hydrogen-bond donors (Lipinski definition) is 1. The first-order valence-electron chi connectivity index (χ1n) is 6.14. The highest BCUT2D eigenvalue weighted by atomic mass is 32.1. The van der Waals surface area contributed by atoms with Crippen LogP contribution in [0.2, 0.25) is 0 Å². The number of benzene rings is 1. The van der Waals surface area contributed by atoms with Gasteiger partial charge in [0.15, 0.2) is 0 Å². The van der Waals surface area contributed by atoms with Crippen LogP contribution in [0.1, 0.15) is 23.4 Å². The fourth-order valence-electron chi connectivity index (χ4n) is 1.95. The topological polar surface area (TPSA) is 24.9 Å². The van der Waals surface area contributed by atoms with Gasteiger partial charge in [0.25, 0.3) is 0 Å². The molecule has 0 fully saturated rings. The van der Waals surface area contributed by atoms with Crippen molar-refractivity contribution in [3.8, 4) is 0 Å². The molecule has 2 rings (SSSR count). The summed E-state index contributed by atoms with van der Waals surface area (Å²) in [6.07, 6.45) is 2.67. The van der Waals surface area contributed by atoms with Crippen LogP contribution in [0.3, 0.4) is 0 Å². The van der Waals surface area contributed by atoms with E-state index in [0.717, 1.165) is 30.1 Å². The lowest BCUT2D eigenvalue weighted by atomic mass is 9.96. The lowest BCUT2D eigenvalue weighted by Gasteiger charge is -2.16. The molecular weight excluding hydrogens is 247 g/mol. The average Bonchev–Trinajstić information content (AvgIpc) is 2.87. The predicted octanol–water partition coefficient (Wildman–Crippen LogP) is 3.22. The number of rotatable bonds is 6. The molecule has 0 aliphatic rings. The van der Waals surface area contributed by atoms with Gasteiger partial charge in [-0.2, -0.15) is 0 Å². The third kappa shape index (κ3) is 3.62. The van der Waals surface area contributed by atoms with Crippen LogP contribution in [-0.2, 0) is 6.42 Å². The second kappa shape index (κ2) is 6.61. The Balaban J connectivity index is 2.13. The summed E-state index contributed by atoms with van der Waals surface area (Å²) in [6, 6.07) is 6.86. The Kier molecular flexibility index (Phi) is 4.84. The molecule has 0 aliphatic heterocycles. The fourth-order valence-corrected chi connectivity index (χ4v) is 2.65. The number of likely N-dealkylation sites (N-methyl/N-ethyl adjacent to an activating group) is 1. The number of hydrogen-bond acceptors (Lipinski definition) is 3. The van der Waals surface area contributed by atoms with Crippen molar-refractivity contribution >= 4 is 11.3 Å². The van der Waals surface area contributed by atoms with E-state index in [1.165, 1.54) is 6.07 Å². The third-order valence-electron chi connectivity index (χ3n) is 2.87. The lowest BCUT2D eigenvalue weighted by Crippen LogP contribution is -2.22. The SMILES string of the molecule is CCNCC(Cc1nccs1)c1cccc(F)c1. The molecule has 18 heavy (non-hydrogen) atoms. The number of halogens is 1. The average molecular weight is 264 g/mol. The highest BCUT2D eigenvalue weighted by molar-refractivity contribution is 7.09. The van der Waals surface area contributed by atoms with Gasteiger partial charge in [0, 0.05) is 30.5 Å². The summed E-state index contributed by atoms with van der Waals surface area (Å²) in [5.74, 6) is 0.0972. The summed E-state index contributed by atoms with van der Waals surface area (Å²) in [5, 5.41) is 6.41. The van der Waals surface area contributed by atoms with E-state index in [4.69, 9.17) is 0 Å². The molecule has 4 heteroatoms. The maximum Gasteiger partial charge on any atom is 0.123 e. The Labute approximate surface area is 111 Å². The van der Waals surface area contributed by atoms with Crippen molar-refractivity contribution < 1.29 is 4.39 Å². The van der Waals surface area contributed by atoms with Crippen LogP contribution in [0.15, 0.2) is 35.8 Å². The molecule has 0 saturated heterocycles. The van der Waals surface area contributed by atoms with E-state index < -0.39 is 0 Å². The van der Waals surface area contributed by atoms with E-state index in [1.807, 2.05) is 17.6 Å². The van der Waals surface area contributed by atoms with Crippen LogP contribution in [0.5, 0.6) is 0 Å². The van der Waals surface area contributed by atoms with Crippen LogP contribution in [0.4, 0.5) is 4.39 Å². The summed E-state index contributed by atoms with van der Waals surface area (Å²) in [7, 11) is 0. The molecule has 1 aromatic carbocycles. The van der Waals surface area contributed by atoms with E-state index in [9.17, 15) is 4.39 Å². The molecule has 0 radical (unpaired) electrons. The number of aromatic nitrogens is 1. The summed E-state index contributed by atoms with van der Waals surface area (Å²) < 4.78 is 13.3. The molecule has 2 aromatic rings. The van der Waals surface area contributed by atoms with E-state index >= 15 is 0 Å². The molecule has 96 valence electrons. The highest BCUT2D eigenvalue weighted by Gasteiger charge is 2.14. The van der Waals surface area contributed by atoms with E-state index in [-0.39, 0.29) is 11.7 Å². The zero-order chi connectivity index (χ0) is 12.8. The minimum atomic E-state index is -0.173. The number of nitrogens with zero attached hydrogens (tertiary/aromatic N) is 1. The van der Waals surface area contributed by atoms with Crippen molar-refractivity contribution in [1.29, 1.82) is 0 Å². The van der Waals surface area contributed by atoms with Gasteiger partial charge in [-0.25, -0.2) is 9.37 Å². The molecule has 0 bridgehead atoms. The standard InChI is InChI=1S/C14H17FN2S/c1-2-16-10-12(9-14-17-6-7-18-14)11-4-3-5-13(15)8-11/h3-8,12,16H,2,9-10H2,1H3. The maximum atomic E-state index is 13.3. The summed E-state index contributed by atoms with van der Waals surface area (Å²) in [6.45, 7) is 3.84. The van der Waals surface area contributed by atoms with Crippen LogP contribution in [0, 0.1) is 5.82 Å². The Morgan fingerprint density at radius 3 is 3.00 bits per heavy atom. The second-order valence-electron chi connectivity index (χ2n) is 4.19. The van der Waals surface area contributed by atoms with Crippen molar-refractivity contribution in [2.24, 2.45) is 0 Å². The third-order valence-corrected chi connectivity index (χ3v) is 3.67. The maximum absolute atomic E-state index is 13.3. The van der Waals surface area contributed by atoms with Gasteiger partial charge in [-0.1, -0.05) is 19.1 Å². The van der Waals surface area contributed by atoms with E-state index in [2.05, 4.69) is 17.2 Å². The summed E-state index contributed by atoms with van der Waals surface area (Å²) in [4.78, 5) is 4.31. The molecule has 0 saturated carbocycles. The molecule has 0 amide bonds. The molecule has 1 atom stereocenters. The summed E-state index contributed by atoms with van der Waals surface area (Å²) in [5.41, 5.74) is 1.03. The molecule has 1 unspecified atom stereocenters. The van der Waals surface area contributed by atoms with Crippen molar-refractivity contribution in [3.63, 3.8) is 0 Å². The first-order chi connectivity index (χ1) is 8.79. The minimum Gasteiger partial charge on any atom is -0.316 e. The number of thiazole rings is 1. The largest absolute Gasteiger partial charge is 0.316 e. The molecule has 1 N–H and O–H groups in total. The lowest BCUT2D eigenvalue weighted by molar-refractivity contribution is 0.582. The first-order valence-corrected chi connectivity index (χ1v) is 7.02. The normalized spacial score (nSPS) is 12.6. The van der Waals surface area contributed by atoms with Gasteiger partial charge in [-0.3, -0.25) is 0 Å². The Hall–Kier alpha value is -1.26. The van der Waals surface area contributed by atoms with Gasteiger partial charge in [-0.15, -0.1) is 11.3 Å². The minimum absolute atomic E-state index is 0.173. The first kappa shape index (κ1) is 13.2. The fraction of sp³-hybridized carbons (Fsp3) is 0.357. The van der Waals surface area contributed by atoms with E-state index in [1.54, 1.807) is 23.5 Å². The smallest absolute Gasteiger partial charge is 0.123 e. The van der Waals surface area contributed by atoms with Gasteiger partial charge in [-0.05, 0) is 24.2 Å². The molecular formula is C14H17FN2S. The van der Waals surface area contributed by atoms with Crippen LogP contribution >= 0.6 is 11.3 Å². The Morgan fingerprint density at radius 1 is 1.44 bits per heavy atom. The van der Waals surface area contributed by atoms with Crippen molar-refractivity contribution in [1.82, 2.24) is 10.3 Å². The Bertz CT molecular complexity index is 470.